The lowest BCUT2D eigenvalue weighted by Gasteiger charge is -1.97. The van der Waals surface area contributed by atoms with E-state index in [1.54, 1.807) is 0 Å². The molecule has 0 aliphatic rings. The number of rotatable bonds is 2. The predicted octanol–water partition coefficient (Wildman–Crippen LogP) is -0.499. The summed E-state index contributed by atoms with van der Waals surface area (Å²) in [6, 6.07) is 0. The van der Waals surface area contributed by atoms with Crippen molar-refractivity contribution in [2.24, 2.45) is 0 Å². The van der Waals surface area contributed by atoms with Gasteiger partial charge in [0, 0.05) is 0 Å². The first-order chi connectivity index (χ1) is 6.84. The van der Waals surface area contributed by atoms with Crippen molar-refractivity contribution in [2.75, 3.05) is 0 Å². The third kappa shape index (κ3) is 1.83. The third-order valence-electron chi connectivity index (χ3n) is 1.16. The molecule has 0 aliphatic carbocycles. The molecule has 14 heavy (non-hydrogen) atoms. The molecule has 0 aliphatic heterocycles. The first kappa shape index (κ1) is 8.16. The molecule has 2 rings (SSSR count). The van der Waals surface area contributed by atoms with E-state index >= 15 is 0 Å². The number of ether oxygens (including phenoxy) is 2. The predicted molar refractivity (Wildman–Crippen MR) is 39.4 cm³/mol. The fraction of sp³-hybridized carbons (Fsp3) is 0. The summed E-state index contributed by atoms with van der Waals surface area (Å²) in [5, 5.41) is 18.2. The Morgan fingerprint density at radius 3 is 1.93 bits per heavy atom. The average Bonchev–Trinajstić information content (AvgIpc) is 2.76. The number of carbonyl (C=O) groups is 1. The van der Waals surface area contributed by atoms with Gasteiger partial charge in [-0.15, -0.1) is 0 Å². The molecule has 72 valence electrons. The van der Waals surface area contributed by atoms with Crippen LogP contribution in [0.1, 0.15) is 0 Å². The van der Waals surface area contributed by atoms with Gasteiger partial charge in [0.05, 0.1) is 12.4 Å². The molecular formula is C5H4N6O3. The molecule has 0 unspecified atom stereocenters. The van der Waals surface area contributed by atoms with Crippen LogP contribution in [0.5, 0.6) is 11.8 Å². The van der Waals surface area contributed by atoms with Crippen molar-refractivity contribution in [3.63, 3.8) is 0 Å². The molecule has 0 spiro atoms. The maximum atomic E-state index is 11.0. The molecule has 0 amide bonds. The quantitative estimate of drug-likeness (QED) is 0.621. The van der Waals surface area contributed by atoms with E-state index in [-0.39, 0.29) is 11.8 Å². The second-order valence-electron chi connectivity index (χ2n) is 2.08. The van der Waals surface area contributed by atoms with Gasteiger partial charge in [-0.05, 0) is 0 Å². The molecule has 9 nitrogen and oxygen atoms in total. The number of hydrogen-bond acceptors (Lipinski definition) is 7. The summed E-state index contributed by atoms with van der Waals surface area (Å²) in [5.41, 5.74) is 0. The number of H-pyrrole nitrogens is 2. The number of nitrogens with one attached hydrogen (secondary N) is 2. The van der Waals surface area contributed by atoms with Gasteiger partial charge in [0.1, 0.15) is 0 Å². The average molecular weight is 196 g/mol. The van der Waals surface area contributed by atoms with E-state index in [9.17, 15) is 4.79 Å². The first-order valence-electron chi connectivity index (χ1n) is 3.47. The van der Waals surface area contributed by atoms with Crippen LogP contribution in [0.15, 0.2) is 12.4 Å². The fourth-order valence-corrected chi connectivity index (χ4v) is 0.674. The number of carbonyl (C=O) groups excluding carboxylic acids is 1. The van der Waals surface area contributed by atoms with Crippen molar-refractivity contribution in [1.29, 1.82) is 0 Å². The Balaban J connectivity index is 1.91. The van der Waals surface area contributed by atoms with Gasteiger partial charge in [-0.3, -0.25) is 10.2 Å². The molecule has 0 radical (unpaired) electrons. The smallest absolute Gasteiger partial charge is 0.372 e. The van der Waals surface area contributed by atoms with Gasteiger partial charge in [-0.1, -0.05) is 20.6 Å². The lowest BCUT2D eigenvalue weighted by Crippen LogP contribution is -2.14. The first-order valence-corrected chi connectivity index (χ1v) is 3.47. The maximum absolute atomic E-state index is 11.0. The van der Waals surface area contributed by atoms with Crippen LogP contribution in [0.2, 0.25) is 0 Å². The second-order valence-corrected chi connectivity index (χ2v) is 2.08. The van der Waals surface area contributed by atoms with Gasteiger partial charge in [0.2, 0.25) is 0 Å². The third-order valence-corrected chi connectivity index (χ3v) is 1.16. The van der Waals surface area contributed by atoms with Crippen LogP contribution in [0.3, 0.4) is 0 Å². The minimum atomic E-state index is -0.965. The molecular weight excluding hydrogens is 192 g/mol. The maximum Gasteiger partial charge on any atom is 0.522 e. The summed E-state index contributed by atoms with van der Waals surface area (Å²) in [6.07, 6.45) is 1.63. The summed E-state index contributed by atoms with van der Waals surface area (Å²) in [6.45, 7) is 0. The van der Waals surface area contributed by atoms with Crippen molar-refractivity contribution < 1.29 is 14.3 Å². The second kappa shape index (κ2) is 3.51. The van der Waals surface area contributed by atoms with Crippen LogP contribution >= 0.6 is 0 Å². The van der Waals surface area contributed by atoms with Gasteiger partial charge in [-0.2, -0.15) is 0 Å². The molecule has 2 aromatic heterocycles. The minimum Gasteiger partial charge on any atom is -0.372 e. The molecule has 9 heteroatoms. The number of nitrogens with zero attached hydrogens (tertiary/aromatic N) is 4. The van der Waals surface area contributed by atoms with Gasteiger partial charge in [0.15, 0.2) is 0 Å². The van der Waals surface area contributed by atoms with Gasteiger partial charge >= 0.3 is 6.16 Å². The van der Waals surface area contributed by atoms with Gasteiger partial charge in [0.25, 0.3) is 11.8 Å². The van der Waals surface area contributed by atoms with E-state index in [0.29, 0.717) is 0 Å². The molecule has 2 aromatic rings. The topological polar surface area (TPSA) is 119 Å². The van der Waals surface area contributed by atoms with E-state index in [1.807, 2.05) is 0 Å². The van der Waals surface area contributed by atoms with Crippen molar-refractivity contribution in [3.8, 4) is 11.8 Å². The SMILES string of the molecule is O=C(Oc1c[nH]nn1)Oc1c[nH]nn1. The highest BCUT2D eigenvalue weighted by atomic mass is 16.7. The lowest BCUT2D eigenvalue weighted by atomic mass is 10.8. The van der Waals surface area contributed by atoms with Crippen molar-refractivity contribution >= 4 is 6.16 Å². The van der Waals surface area contributed by atoms with E-state index in [4.69, 9.17) is 0 Å². The standard InChI is InChI=1S/C5H4N6O3/c12-5(13-3-1-6-10-8-3)14-4-2-7-11-9-4/h1-2H,(H,6,8,10)(H,7,9,11). The molecule has 0 aromatic carbocycles. The Bertz CT molecular complexity index is 357. The largest absolute Gasteiger partial charge is 0.522 e. The van der Waals surface area contributed by atoms with Crippen LogP contribution < -0.4 is 9.47 Å². The van der Waals surface area contributed by atoms with Crippen molar-refractivity contribution in [1.82, 2.24) is 30.8 Å². The van der Waals surface area contributed by atoms with Crippen LogP contribution in [-0.2, 0) is 0 Å². The normalized spacial score (nSPS) is 9.71. The Morgan fingerprint density at radius 1 is 1.07 bits per heavy atom. The lowest BCUT2D eigenvalue weighted by molar-refractivity contribution is 0.148. The van der Waals surface area contributed by atoms with Crippen LogP contribution in [0.25, 0.3) is 0 Å². The zero-order valence-electron chi connectivity index (χ0n) is 6.67. The monoisotopic (exact) mass is 196 g/mol. The summed E-state index contributed by atoms with van der Waals surface area (Å²) in [7, 11) is 0. The summed E-state index contributed by atoms with van der Waals surface area (Å²) < 4.78 is 9.16. The van der Waals surface area contributed by atoms with Crippen LogP contribution in [-0.4, -0.2) is 37.0 Å². The highest BCUT2D eigenvalue weighted by molar-refractivity contribution is 5.65. The van der Waals surface area contributed by atoms with Crippen molar-refractivity contribution in [2.45, 2.75) is 0 Å². The van der Waals surface area contributed by atoms with Crippen molar-refractivity contribution in [3.05, 3.63) is 12.4 Å². The Hall–Kier alpha value is -2.45. The minimum absolute atomic E-state index is 0.0125. The number of hydrogen-bond donors (Lipinski definition) is 2. The number of aromatic amines is 2. The molecule has 0 fully saturated rings. The number of aromatic nitrogens is 6. The van der Waals surface area contributed by atoms with E-state index in [1.165, 1.54) is 12.4 Å². The van der Waals surface area contributed by atoms with E-state index in [2.05, 4.69) is 40.3 Å². The zero-order chi connectivity index (χ0) is 9.80. The molecule has 0 bridgehead atoms. The van der Waals surface area contributed by atoms with Gasteiger partial charge in [-0.25, -0.2) is 4.79 Å². The Kier molecular flexibility index (Phi) is 2.05. The van der Waals surface area contributed by atoms with Crippen LogP contribution in [0.4, 0.5) is 4.79 Å². The molecule has 0 saturated heterocycles. The van der Waals surface area contributed by atoms with Gasteiger partial charge < -0.3 is 9.47 Å². The van der Waals surface area contributed by atoms with E-state index in [0.717, 1.165) is 0 Å². The summed E-state index contributed by atoms with van der Waals surface area (Å²) in [4.78, 5) is 11.0. The molecule has 2 heterocycles. The molecule has 0 atom stereocenters. The van der Waals surface area contributed by atoms with Crippen LogP contribution in [0, 0.1) is 0 Å². The highest BCUT2D eigenvalue weighted by Crippen LogP contribution is 2.04. The summed E-state index contributed by atoms with van der Waals surface area (Å²) >= 11 is 0. The molecule has 2 N–H and O–H groups in total. The zero-order valence-corrected chi connectivity index (χ0v) is 6.67. The Labute approximate surface area is 76.4 Å². The highest BCUT2D eigenvalue weighted by Gasteiger charge is 2.10. The molecule has 0 saturated carbocycles. The Morgan fingerprint density at radius 2 is 1.57 bits per heavy atom. The fourth-order valence-electron chi connectivity index (χ4n) is 0.674. The summed E-state index contributed by atoms with van der Waals surface area (Å²) in [5.74, 6) is 0.0250. The van der Waals surface area contributed by atoms with E-state index < -0.39 is 6.16 Å².